The summed E-state index contributed by atoms with van der Waals surface area (Å²) in [7, 11) is 1.84. The number of hydrogen-bond acceptors (Lipinski definition) is 4. The van der Waals surface area contributed by atoms with Crippen LogP contribution in [0.3, 0.4) is 0 Å². The molecule has 0 spiro atoms. The summed E-state index contributed by atoms with van der Waals surface area (Å²) in [6, 6.07) is 17.3. The monoisotopic (exact) mass is 522 g/mol. The number of carbonyl (C=O) groups is 2. The molecule has 0 radical (unpaired) electrons. The molecule has 1 N–H and O–H groups in total. The lowest BCUT2D eigenvalue weighted by Gasteiger charge is -2.43. The number of carbonyl (C=O) groups excluding carboxylic acids is 2. The summed E-state index contributed by atoms with van der Waals surface area (Å²) in [5, 5.41) is 7.38. The number of H-pyrrole nitrogens is 1. The number of rotatable bonds is 11. The fourth-order valence-electron chi connectivity index (χ4n) is 4.94. The van der Waals surface area contributed by atoms with Gasteiger partial charge in [0, 0.05) is 56.2 Å². The molecule has 1 saturated heterocycles. The van der Waals surface area contributed by atoms with Crippen LogP contribution in [0.5, 0.6) is 5.75 Å². The van der Waals surface area contributed by atoms with Gasteiger partial charge >= 0.3 is 0 Å². The molecule has 1 aliphatic heterocycles. The molecule has 1 aromatic heterocycles. The summed E-state index contributed by atoms with van der Waals surface area (Å²) >= 11 is 6.15. The zero-order valence-corrected chi connectivity index (χ0v) is 22.1. The second-order valence-electron chi connectivity index (χ2n) is 10.0. The molecule has 0 saturated carbocycles. The third-order valence-electron chi connectivity index (χ3n) is 6.98. The predicted octanol–water partition coefficient (Wildman–Crippen LogP) is 5.12. The summed E-state index contributed by atoms with van der Waals surface area (Å²) in [4.78, 5) is 30.2. The van der Waals surface area contributed by atoms with Gasteiger partial charge < -0.3 is 14.5 Å². The third kappa shape index (κ3) is 7.83. The smallest absolute Gasteiger partial charge is 0.223 e. The third-order valence-corrected chi connectivity index (χ3v) is 7.22. The van der Waals surface area contributed by atoms with E-state index in [1.807, 2.05) is 60.6 Å². The molecule has 3 aromatic rings. The zero-order valence-electron chi connectivity index (χ0n) is 21.4. The number of nitrogens with zero attached hydrogens (tertiary/aromatic N) is 3. The average Bonchev–Trinajstić information content (AvgIpc) is 3.42. The van der Waals surface area contributed by atoms with E-state index in [9.17, 15) is 9.59 Å². The van der Waals surface area contributed by atoms with Crippen LogP contribution in [0, 0.1) is 5.41 Å². The molecule has 2 aromatic carbocycles. The van der Waals surface area contributed by atoms with Gasteiger partial charge in [-0.15, -0.1) is 0 Å². The number of ether oxygens (including phenoxy) is 1. The second-order valence-corrected chi connectivity index (χ2v) is 10.5. The summed E-state index contributed by atoms with van der Waals surface area (Å²) in [5.74, 6) is 0.841. The maximum absolute atomic E-state index is 13.4. The Morgan fingerprint density at radius 3 is 2.76 bits per heavy atom. The van der Waals surface area contributed by atoms with Gasteiger partial charge in [0.05, 0.1) is 12.8 Å². The Morgan fingerprint density at radius 2 is 2.00 bits per heavy atom. The van der Waals surface area contributed by atoms with Crippen molar-refractivity contribution in [3.05, 3.63) is 83.1 Å². The Kier molecular flexibility index (Phi) is 9.23. The van der Waals surface area contributed by atoms with Crippen molar-refractivity contribution in [3.63, 3.8) is 0 Å². The van der Waals surface area contributed by atoms with Crippen LogP contribution in [-0.4, -0.2) is 58.6 Å². The SMILES string of the molecule is CN(Cc1ccccc1)C(=O)CC1(COc2cccc(Cl)c2)CCCN(C(=O)CCCc2cn[nH]c2)C1. The minimum atomic E-state index is -0.469. The maximum atomic E-state index is 13.4. The highest BCUT2D eigenvalue weighted by Crippen LogP contribution is 2.36. The van der Waals surface area contributed by atoms with Gasteiger partial charge in [-0.1, -0.05) is 48.0 Å². The number of benzene rings is 2. The van der Waals surface area contributed by atoms with Gasteiger partial charge in [0.1, 0.15) is 5.75 Å². The summed E-state index contributed by atoms with van der Waals surface area (Å²) in [6.07, 6.45) is 7.66. The van der Waals surface area contributed by atoms with Crippen molar-refractivity contribution in [3.8, 4) is 5.75 Å². The van der Waals surface area contributed by atoms with Gasteiger partial charge in [0.25, 0.3) is 0 Å². The first-order chi connectivity index (χ1) is 17.9. The van der Waals surface area contributed by atoms with Crippen molar-refractivity contribution in [1.82, 2.24) is 20.0 Å². The van der Waals surface area contributed by atoms with Gasteiger partial charge in [0.2, 0.25) is 11.8 Å². The fourth-order valence-corrected chi connectivity index (χ4v) is 5.12. The number of aromatic amines is 1. The second kappa shape index (κ2) is 12.8. The van der Waals surface area contributed by atoms with Crippen LogP contribution in [0.2, 0.25) is 5.02 Å². The van der Waals surface area contributed by atoms with E-state index in [1.165, 1.54) is 0 Å². The van der Waals surface area contributed by atoms with Gasteiger partial charge in [-0.3, -0.25) is 14.7 Å². The first-order valence-corrected chi connectivity index (χ1v) is 13.2. The molecule has 1 unspecified atom stereocenters. The Bertz CT molecular complexity index is 1150. The highest BCUT2D eigenvalue weighted by molar-refractivity contribution is 6.30. The van der Waals surface area contributed by atoms with Gasteiger partial charge in [-0.25, -0.2) is 0 Å². The Morgan fingerprint density at radius 1 is 1.16 bits per heavy atom. The van der Waals surface area contributed by atoms with E-state index in [0.29, 0.717) is 49.9 Å². The summed E-state index contributed by atoms with van der Waals surface area (Å²) in [6.45, 7) is 2.10. The van der Waals surface area contributed by atoms with Crippen LogP contribution in [0.15, 0.2) is 67.0 Å². The topological polar surface area (TPSA) is 78.5 Å². The average molecular weight is 523 g/mol. The van der Waals surface area contributed by atoms with Gasteiger partial charge in [-0.05, 0) is 55.0 Å². The maximum Gasteiger partial charge on any atom is 0.223 e. The van der Waals surface area contributed by atoms with E-state index >= 15 is 0 Å². The van der Waals surface area contributed by atoms with Crippen molar-refractivity contribution in [2.24, 2.45) is 5.41 Å². The molecule has 2 heterocycles. The zero-order chi connectivity index (χ0) is 26.1. The van der Waals surface area contributed by atoms with E-state index in [0.717, 1.165) is 36.8 Å². The molecule has 7 nitrogen and oxygen atoms in total. The van der Waals surface area contributed by atoms with Crippen LogP contribution in [0.25, 0.3) is 0 Å². The number of amides is 2. The number of likely N-dealkylation sites (tertiary alicyclic amines) is 1. The van der Waals surface area contributed by atoms with Crippen LogP contribution in [0.1, 0.15) is 43.2 Å². The normalized spacial score (nSPS) is 17.4. The number of hydrogen-bond donors (Lipinski definition) is 1. The van der Waals surface area contributed by atoms with E-state index < -0.39 is 5.41 Å². The van der Waals surface area contributed by atoms with E-state index in [4.69, 9.17) is 16.3 Å². The Labute approximate surface area is 223 Å². The van der Waals surface area contributed by atoms with Crippen LogP contribution < -0.4 is 4.74 Å². The number of aryl methyl sites for hydroxylation is 1. The number of halogens is 1. The van der Waals surface area contributed by atoms with Crippen molar-refractivity contribution < 1.29 is 14.3 Å². The lowest BCUT2D eigenvalue weighted by molar-refractivity contribution is -0.141. The predicted molar refractivity (Wildman–Crippen MR) is 144 cm³/mol. The quantitative estimate of drug-likeness (QED) is 0.379. The molecule has 0 aliphatic carbocycles. The lowest BCUT2D eigenvalue weighted by Crippen LogP contribution is -2.50. The molecule has 2 amide bonds. The van der Waals surface area contributed by atoms with Crippen LogP contribution >= 0.6 is 11.6 Å². The minimum absolute atomic E-state index is 0.0489. The molecule has 8 heteroatoms. The van der Waals surface area contributed by atoms with Gasteiger partial charge in [-0.2, -0.15) is 5.10 Å². The van der Waals surface area contributed by atoms with Crippen LogP contribution in [0.4, 0.5) is 0 Å². The summed E-state index contributed by atoms with van der Waals surface area (Å²) in [5.41, 5.74) is 1.71. The van der Waals surface area contributed by atoms with Crippen molar-refractivity contribution in [1.29, 1.82) is 0 Å². The minimum Gasteiger partial charge on any atom is -0.493 e. The molecular weight excluding hydrogens is 488 g/mol. The highest BCUT2D eigenvalue weighted by Gasteiger charge is 2.40. The standard InChI is InChI=1S/C29H35ClN4O3/c1-33(20-23-8-3-2-4-9-23)28(36)17-29(22-37-26-12-6-11-25(30)16-26)14-7-15-34(21-29)27(35)13-5-10-24-18-31-32-19-24/h2-4,6,8-9,11-12,16,18-19H,5,7,10,13-15,17,20-22H2,1H3,(H,31,32). The molecule has 0 bridgehead atoms. The van der Waals surface area contributed by atoms with Crippen molar-refractivity contribution in [2.75, 3.05) is 26.7 Å². The molecular formula is C29H35ClN4O3. The Hall–Kier alpha value is -3.32. The van der Waals surface area contributed by atoms with Gasteiger partial charge in [0.15, 0.2) is 0 Å². The van der Waals surface area contributed by atoms with Crippen molar-refractivity contribution in [2.45, 2.75) is 45.1 Å². The number of piperidine rings is 1. The van der Waals surface area contributed by atoms with E-state index in [-0.39, 0.29) is 11.8 Å². The van der Waals surface area contributed by atoms with Crippen LogP contribution in [-0.2, 0) is 22.6 Å². The van der Waals surface area contributed by atoms with Crippen molar-refractivity contribution >= 4 is 23.4 Å². The summed E-state index contributed by atoms with van der Waals surface area (Å²) < 4.78 is 6.18. The molecule has 37 heavy (non-hydrogen) atoms. The van der Waals surface area contributed by atoms with E-state index in [1.54, 1.807) is 23.2 Å². The highest BCUT2D eigenvalue weighted by atomic mass is 35.5. The molecule has 1 fully saturated rings. The fraction of sp³-hybridized carbons (Fsp3) is 0.414. The molecule has 1 atom stereocenters. The number of aromatic nitrogens is 2. The largest absolute Gasteiger partial charge is 0.493 e. The molecule has 4 rings (SSSR count). The first kappa shape index (κ1) is 26.7. The molecule has 1 aliphatic rings. The van der Waals surface area contributed by atoms with E-state index in [2.05, 4.69) is 10.2 Å². The Balaban J connectivity index is 1.43. The first-order valence-electron chi connectivity index (χ1n) is 12.8. The molecule has 196 valence electrons. The lowest BCUT2D eigenvalue weighted by atomic mass is 9.77. The number of nitrogens with one attached hydrogen (secondary N) is 1.